The lowest BCUT2D eigenvalue weighted by Crippen LogP contribution is -2.12. The van der Waals surface area contributed by atoms with E-state index >= 15 is 0 Å². The lowest BCUT2D eigenvalue weighted by molar-refractivity contribution is 0.405. The summed E-state index contributed by atoms with van der Waals surface area (Å²) < 4.78 is 6.48. The fourth-order valence-electron chi connectivity index (χ4n) is 1.79. The van der Waals surface area contributed by atoms with Gasteiger partial charge in [0, 0.05) is 0 Å². The third-order valence-electron chi connectivity index (χ3n) is 2.84. The normalized spacial score (nSPS) is 11.6. The van der Waals surface area contributed by atoms with Gasteiger partial charge in [-0.1, -0.05) is 26.8 Å². The first-order valence-electron chi connectivity index (χ1n) is 5.97. The molecule has 0 saturated carbocycles. The van der Waals surface area contributed by atoms with Crippen molar-refractivity contribution in [3.05, 3.63) is 27.7 Å². The molecule has 1 rings (SSSR count). The van der Waals surface area contributed by atoms with Gasteiger partial charge < -0.3 is 10.5 Å². The lowest BCUT2D eigenvalue weighted by atomic mass is 9.85. The topological polar surface area (TPSA) is 35.2 Å². The van der Waals surface area contributed by atoms with E-state index in [1.807, 2.05) is 0 Å². The van der Waals surface area contributed by atoms with Crippen molar-refractivity contribution < 1.29 is 4.74 Å². The van der Waals surface area contributed by atoms with Crippen LogP contribution in [-0.4, -0.2) is 13.7 Å². The molecular formula is C14H22BrNO. The van der Waals surface area contributed by atoms with Crippen molar-refractivity contribution in [3.8, 4) is 5.75 Å². The third kappa shape index (κ3) is 3.71. The molecule has 1 aromatic carbocycles. The number of benzene rings is 1. The summed E-state index contributed by atoms with van der Waals surface area (Å²) in [5, 5.41) is 0. The van der Waals surface area contributed by atoms with Gasteiger partial charge in [0.15, 0.2) is 0 Å². The number of methoxy groups -OCH3 is 1. The van der Waals surface area contributed by atoms with Crippen LogP contribution in [0.5, 0.6) is 5.75 Å². The van der Waals surface area contributed by atoms with Gasteiger partial charge in [0.1, 0.15) is 5.75 Å². The minimum atomic E-state index is 0.145. The molecule has 0 atom stereocenters. The summed E-state index contributed by atoms with van der Waals surface area (Å²) in [5.41, 5.74) is 8.27. The number of nitrogens with two attached hydrogens (primary N) is 1. The van der Waals surface area contributed by atoms with E-state index in [0.717, 1.165) is 23.1 Å². The molecule has 0 aliphatic heterocycles. The highest BCUT2D eigenvalue weighted by Crippen LogP contribution is 2.35. The number of hydrogen-bond acceptors (Lipinski definition) is 2. The fourth-order valence-corrected chi connectivity index (χ4v) is 2.45. The molecule has 2 nitrogen and oxygen atoms in total. The number of rotatable bonds is 4. The zero-order valence-electron chi connectivity index (χ0n) is 11.1. The molecule has 0 fully saturated rings. The Balaban J connectivity index is 3.19. The molecule has 0 unspecified atom stereocenters. The summed E-state index contributed by atoms with van der Waals surface area (Å²) in [6, 6.07) is 4.38. The molecule has 0 bridgehead atoms. The molecule has 96 valence electrons. The van der Waals surface area contributed by atoms with E-state index < -0.39 is 0 Å². The molecular weight excluding hydrogens is 278 g/mol. The Hall–Kier alpha value is -0.540. The van der Waals surface area contributed by atoms with Crippen LogP contribution in [0.25, 0.3) is 0 Å². The highest BCUT2D eigenvalue weighted by atomic mass is 79.9. The van der Waals surface area contributed by atoms with Crippen molar-refractivity contribution in [2.45, 2.75) is 39.0 Å². The van der Waals surface area contributed by atoms with Crippen LogP contribution in [0.4, 0.5) is 0 Å². The van der Waals surface area contributed by atoms with Crippen LogP contribution in [0, 0.1) is 0 Å². The number of aryl methyl sites for hydroxylation is 1. The van der Waals surface area contributed by atoms with Crippen molar-refractivity contribution >= 4 is 15.9 Å². The van der Waals surface area contributed by atoms with Crippen molar-refractivity contribution in [1.29, 1.82) is 0 Å². The Morgan fingerprint density at radius 3 is 2.41 bits per heavy atom. The molecule has 0 aromatic heterocycles. The quantitative estimate of drug-likeness (QED) is 0.921. The van der Waals surface area contributed by atoms with E-state index in [1.165, 1.54) is 11.1 Å². The van der Waals surface area contributed by atoms with Gasteiger partial charge in [0.25, 0.3) is 0 Å². The molecule has 0 aliphatic carbocycles. The van der Waals surface area contributed by atoms with E-state index in [4.69, 9.17) is 10.5 Å². The molecule has 0 saturated heterocycles. The van der Waals surface area contributed by atoms with Crippen LogP contribution in [0.15, 0.2) is 16.6 Å². The van der Waals surface area contributed by atoms with Gasteiger partial charge in [-0.25, -0.2) is 0 Å². The molecule has 2 N–H and O–H groups in total. The Labute approximate surface area is 113 Å². The first kappa shape index (κ1) is 14.5. The smallest absolute Gasteiger partial charge is 0.136 e. The minimum absolute atomic E-state index is 0.145. The lowest BCUT2D eigenvalue weighted by Gasteiger charge is -2.22. The number of hydrogen-bond donors (Lipinski definition) is 1. The SMILES string of the molecule is COc1c(Br)cc(C(C)(C)C)cc1CCCN. The Kier molecular flexibility index (Phi) is 5.02. The average Bonchev–Trinajstić information content (AvgIpc) is 2.24. The molecule has 0 amide bonds. The molecule has 0 heterocycles. The largest absolute Gasteiger partial charge is 0.495 e. The minimum Gasteiger partial charge on any atom is -0.495 e. The van der Waals surface area contributed by atoms with Gasteiger partial charge in [0.2, 0.25) is 0 Å². The van der Waals surface area contributed by atoms with Crippen LogP contribution >= 0.6 is 15.9 Å². The monoisotopic (exact) mass is 299 g/mol. The van der Waals surface area contributed by atoms with E-state index in [2.05, 4.69) is 48.8 Å². The van der Waals surface area contributed by atoms with Crippen LogP contribution in [0.3, 0.4) is 0 Å². The standard InChI is InChI=1S/C14H22BrNO/c1-14(2,3)11-8-10(6-5-7-16)13(17-4)12(15)9-11/h8-9H,5-7,16H2,1-4H3. The maximum absolute atomic E-state index is 5.58. The van der Waals surface area contributed by atoms with Crippen molar-refractivity contribution in [2.24, 2.45) is 5.73 Å². The Bertz CT molecular complexity index is 383. The van der Waals surface area contributed by atoms with Crippen LogP contribution in [0.1, 0.15) is 38.3 Å². The molecule has 0 aliphatic rings. The van der Waals surface area contributed by atoms with E-state index in [-0.39, 0.29) is 5.41 Å². The Morgan fingerprint density at radius 2 is 1.94 bits per heavy atom. The highest BCUT2D eigenvalue weighted by Gasteiger charge is 2.18. The number of ether oxygens (including phenoxy) is 1. The van der Waals surface area contributed by atoms with E-state index in [1.54, 1.807) is 7.11 Å². The number of halogens is 1. The molecule has 0 radical (unpaired) electrons. The van der Waals surface area contributed by atoms with Crippen LogP contribution in [-0.2, 0) is 11.8 Å². The van der Waals surface area contributed by atoms with Gasteiger partial charge in [0.05, 0.1) is 11.6 Å². The summed E-state index contributed by atoms with van der Waals surface area (Å²) >= 11 is 3.59. The van der Waals surface area contributed by atoms with Gasteiger partial charge in [-0.3, -0.25) is 0 Å². The molecule has 3 heteroatoms. The fraction of sp³-hybridized carbons (Fsp3) is 0.571. The zero-order chi connectivity index (χ0) is 13.1. The van der Waals surface area contributed by atoms with Crippen LogP contribution in [0.2, 0.25) is 0 Å². The first-order valence-corrected chi connectivity index (χ1v) is 6.76. The van der Waals surface area contributed by atoms with Crippen molar-refractivity contribution in [1.82, 2.24) is 0 Å². The van der Waals surface area contributed by atoms with Crippen molar-refractivity contribution in [2.75, 3.05) is 13.7 Å². The van der Waals surface area contributed by atoms with Gasteiger partial charge in [-0.15, -0.1) is 0 Å². The van der Waals surface area contributed by atoms with Crippen LogP contribution < -0.4 is 10.5 Å². The summed E-state index contributed by atoms with van der Waals surface area (Å²) in [4.78, 5) is 0. The molecule has 17 heavy (non-hydrogen) atoms. The third-order valence-corrected chi connectivity index (χ3v) is 3.43. The summed E-state index contributed by atoms with van der Waals surface area (Å²) in [6.45, 7) is 7.36. The highest BCUT2D eigenvalue weighted by molar-refractivity contribution is 9.10. The summed E-state index contributed by atoms with van der Waals surface area (Å²) in [7, 11) is 1.71. The second kappa shape index (κ2) is 5.87. The summed E-state index contributed by atoms with van der Waals surface area (Å²) in [5.74, 6) is 0.937. The van der Waals surface area contributed by atoms with Gasteiger partial charge in [-0.05, 0) is 57.9 Å². The second-order valence-electron chi connectivity index (χ2n) is 5.29. The van der Waals surface area contributed by atoms with E-state index in [0.29, 0.717) is 6.54 Å². The predicted octanol–water partition coefficient (Wildman–Crippen LogP) is 3.65. The Morgan fingerprint density at radius 1 is 1.29 bits per heavy atom. The molecule has 0 spiro atoms. The second-order valence-corrected chi connectivity index (χ2v) is 6.15. The van der Waals surface area contributed by atoms with E-state index in [9.17, 15) is 0 Å². The maximum Gasteiger partial charge on any atom is 0.136 e. The molecule has 1 aromatic rings. The zero-order valence-corrected chi connectivity index (χ0v) is 12.7. The average molecular weight is 300 g/mol. The van der Waals surface area contributed by atoms with Gasteiger partial charge in [-0.2, -0.15) is 0 Å². The van der Waals surface area contributed by atoms with Gasteiger partial charge >= 0.3 is 0 Å². The maximum atomic E-state index is 5.58. The summed E-state index contributed by atoms with van der Waals surface area (Å²) in [6.07, 6.45) is 1.94. The predicted molar refractivity (Wildman–Crippen MR) is 76.8 cm³/mol. The van der Waals surface area contributed by atoms with Crippen molar-refractivity contribution in [3.63, 3.8) is 0 Å². The first-order chi connectivity index (χ1) is 7.90.